The van der Waals surface area contributed by atoms with Gasteiger partial charge in [0.05, 0.1) is 0 Å². The van der Waals surface area contributed by atoms with Crippen LogP contribution in [0.1, 0.15) is 23.3 Å². The largest absolute Gasteiger partial charge is 0.382 e. The molecule has 0 aromatic carbocycles. The fourth-order valence-electron chi connectivity index (χ4n) is 2.05. The number of H-pyrrole nitrogens is 1. The van der Waals surface area contributed by atoms with Crippen molar-refractivity contribution < 1.29 is 4.79 Å². The number of nitrogens with zero attached hydrogens (tertiary/aromatic N) is 3. The third kappa shape index (κ3) is 2.97. The second-order valence-electron chi connectivity index (χ2n) is 4.48. The van der Waals surface area contributed by atoms with Gasteiger partial charge in [-0.2, -0.15) is 5.10 Å². The van der Waals surface area contributed by atoms with Crippen LogP contribution in [-0.4, -0.2) is 59.1 Å². The number of likely N-dealkylation sites (N-methyl/N-ethyl adjacent to an activating group) is 1. The number of carbonyl (C=O) groups is 1. The van der Waals surface area contributed by atoms with Crippen molar-refractivity contribution in [2.75, 3.05) is 39.0 Å². The lowest BCUT2D eigenvalue weighted by Gasteiger charge is -2.20. The molecule has 0 radical (unpaired) electrons. The Morgan fingerprint density at radius 2 is 2.29 bits per heavy atom. The molecule has 0 atom stereocenters. The van der Waals surface area contributed by atoms with Crippen molar-refractivity contribution in [3.8, 4) is 0 Å². The van der Waals surface area contributed by atoms with E-state index in [1.54, 1.807) is 18.0 Å². The average Bonchev–Trinajstić information content (AvgIpc) is 2.95. The maximum atomic E-state index is 11.9. The minimum Gasteiger partial charge on any atom is -0.382 e. The molecule has 3 N–H and O–H groups in total. The number of anilines is 1. The van der Waals surface area contributed by atoms with Crippen LogP contribution >= 0.6 is 0 Å². The van der Waals surface area contributed by atoms with Gasteiger partial charge in [-0.15, -0.1) is 0 Å². The summed E-state index contributed by atoms with van der Waals surface area (Å²) < 4.78 is 0. The van der Waals surface area contributed by atoms with Gasteiger partial charge in [0.15, 0.2) is 0 Å². The Bertz CT molecular complexity index is 383. The van der Waals surface area contributed by atoms with Crippen LogP contribution in [0, 0.1) is 0 Å². The molecule has 2 rings (SSSR count). The number of nitrogens with two attached hydrogens (primary N) is 1. The predicted molar refractivity (Wildman–Crippen MR) is 65.6 cm³/mol. The molecule has 17 heavy (non-hydrogen) atoms. The first-order chi connectivity index (χ1) is 8.16. The van der Waals surface area contributed by atoms with Crippen molar-refractivity contribution >= 4 is 11.7 Å². The standard InChI is InChI=1S/C11H19N5O/c1-15(6-7-16-4-2-3-5-16)11(17)9-8-10(12)14-13-9/h8H,2-7H2,1H3,(H3,12,13,14). The van der Waals surface area contributed by atoms with Gasteiger partial charge in [-0.25, -0.2) is 0 Å². The lowest BCUT2D eigenvalue weighted by atomic mass is 10.3. The van der Waals surface area contributed by atoms with Gasteiger partial charge in [0, 0.05) is 26.2 Å². The second kappa shape index (κ2) is 5.18. The van der Waals surface area contributed by atoms with Crippen molar-refractivity contribution in [3.05, 3.63) is 11.8 Å². The minimum atomic E-state index is -0.0617. The first-order valence-corrected chi connectivity index (χ1v) is 5.95. The van der Waals surface area contributed by atoms with E-state index >= 15 is 0 Å². The van der Waals surface area contributed by atoms with E-state index in [-0.39, 0.29) is 5.91 Å². The summed E-state index contributed by atoms with van der Waals surface area (Å²) in [6.07, 6.45) is 2.55. The number of amides is 1. The number of aromatic amines is 1. The summed E-state index contributed by atoms with van der Waals surface area (Å²) in [5.74, 6) is 0.287. The Kier molecular flexibility index (Phi) is 3.63. The van der Waals surface area contributed by atoms with Gasteiger partial charge in [-0.05, 0) is 25.9 Å². The molecule has 0 spiro atoms. The zero-order valence-corrected chi connectivity index (χ0v) is 10.1. The number of rotatable bonds is 4. The lowest BCUT2D eigenvalue weighted by Crippen LogP contribution is -2.35. The summed E-state index contributed by atoms with van der Waals surface area (Å²) in [4.78, 5) is 16.0. The zero-order valence-electron chi connectivity index (χ0n) is 10.1. The molecule has 0 bridgehead atoms. The van der Waals surface area contributed by atoms with Crippen LogP contribution in [0.2, 0.25) is 0 Å². The van der Waals surface area contributed by atoms with Crippen molar-refractivity contribution in [2.45, 2.75) is 12.8 Å². The number of aromatic nitrogens is 2. The molecule has 1 amide bonds. The first kappa shape index (κ1) is 11.9. The molecule has 6 nitrogen and oxygen atoms in total. The Morgan fingerprint density at radius 3 is 2.88 bits per heavy atom. The average molecular weight is 237 g/mol. The molecular formula is C11H19N5O. The lowest BCUT2D eigenvalue weighted by molar-refractivity contribution is 0.0776. The normalized spacial score (nSPS) is 16.3. The first-order valence-electron chi connectivity index (χ1n) is 5.95. The third-order valence-corrected chi connectivity index (χ3v) is 3.13. The van der Waals surface area contributed by atoms with Crippen molar-refractivity contribution in [3.63, 3.8) is 0 Å². The molecule has 6 heteroatoms. The van der Waals surface area contributed by atoms with Crippen LogP contribution in [-0.2, 0) is 0 Å². The highest BCUT2D eigenvalue weighted by Crippen LogP contribution is 2.08. The topological polar surface area (TPSA) is 78.2 Å². The summed E-state index contributed by atoms with van der Waals surface area (Å²) in [7, 11) is 1.80. The summed E-state index contributed by atoms with van der Waals surface area (Å²) >= 11 is 0. The molecule has 0 aliphatic carbocycles. The van der Waals surface area contributed by atoms with E-state index < -0.39 is 0 Å². The summed E-state index contributed by atoms with van der Waals surface area (Å²) in [6, 6.07) is 1.56. The highest BCUT2D eigenvalue weighted by molar-refractivity contribution is 5.92. The van der Waals surface area contributed by atoms with Crippen molar-refractivity contribution in [1.82, 2.24) is 20.0 Å². The molecule has 0 saturated carbocycles. The van der Waals surface area contributed by atoms with Crippen LogP contribution in [0.4, 0.5) is 5.82 Å². The fourth-order valence-corrected chi connectivity index (χ4v) is 2.05. The Morgan fingerprint density at radius 1 is 1.59 bits per heavy atom. The Hall–Kier alpha value is -1.56. The van der Waals surface area contributed by atoms with Crippen LogP contribution in [0.25, 0.3) is 0 Å². The Labute approximate surface area is 101 Å². The summed E-state index contributed by atoms with van der Waals surface area (Å²) in [5, 5.41) is 6.39. The van der Waals surface area contributed by atoms with Crippen molar-refractivity contribution in [2.24, 2.45) is 0 Å². The van der Waals surface area contributed by atoms with Gasteiger partial charge in [0.25, 0.3) is 5.91 Å². The molecule has 1 saturated heterocycles. The molecular weight excluding hydrogens is 218 g/mol. The predicted octanol–water partition coefficient (Wildman–Crippen LogP) is 0.160. The number of hydrogen-bond acceptors (Lipinski definition) is 4. The smallest absolute Gasteiger partial charge is 0.271 e. The van der Waals surface area contributed by atoms with E-state index in [1.165, 1.54) is 12.8 Å². The Balaban J connectivity index is 1.82. The van der Waals surface area contributed by atoms with E-state index in [4.69, 9.17) is 5.73 Å². The number of carbonyl (C=O) groups excluding carboxylic acids is 1. The third-order valence-electron chi connectivity index (χ3n) is 3.13. The molecule has 1 aliphatic heterocycles. The number of nitrogens with one attached hydrogen (secondary N) is 1. The maximum absolute atomic E-state index is 11.9. The van der Waals surface area contributed by atoms with E-state index in [0.29, 0.717) is 11.5 Å². The van der Waals surface area contributed by atoms with E-state index in [0.717, 1.165) is 26.2 Å². The van der Waals surface area contributed by atoms with E-state index in [1.807, 2.05) is 0 Å². The number of hydrogen-bond donors (Lipinski definition) is 2. The van der Waals surface area contributed by atoms with Gasteiger partial charge in [-0.3, -0.25) is 9.89 Å². The maximum Gasteiger partial charge on any atom is 0.271 e. The van der Waals surface area contributed by atoms with Gasteiger partial charge in [0.1, 0.15) is 11.5 Å². The summed E-state index contributed by atoms with van der Waals surface area (Å²) in [6.45, 7) is 3.97. The molecule has 1 aromatic rings. The van der Waals surface area contributed by atoms with Gasteiger partial charge in [-0.1, -0.05) is 0 Å². The quantitative estimate of drug-likeness (QED) is 0.782. The van der Waals surface area contributed by atoms with E-state index in [9.17, 15) is 4.79 Å². The van der Waals surface area contributed by atoms with E-state index in [2.05, 4.69) is 15.1 Å². The molecule has 2 heterocycles. The van der Waals surface area contributed by atoms with Crippen LogP contribution < -0.4 is 5.73 Å². The van der Waals surface area contributed by atoms with Gasteiger partial charge < -0.3 is 15.5 Å². The fraction of sp³-hybridized carbons (Fsp3) is 0.636. The number of nitrogen functional groups attached to an aromatic ring is 1. The molecule has 1 aromatic heterocycles. The highest BCUT2D eigenvalue weighted by Gasteiger charge is 2.16. The monoisotopic (exact) mass is 237 g/mol. The molecule has 94 valence electrons. The van der Waals surface area contributed by atoms with Gasteiger partial charge >= 0.3 is 0 Å². The number of likely N-dealkylation sites (tertiary alicyclic amines) is 1. The summed E-state index contributed by atoms with van der Waals surface area (Å²) in [5.41, 5.74) is 5.92. The van der Waals surface area contributed by atoms with Gasteiger partial charge in [0.2, 0.25) is 0 Å². The van der Waals surface area contributed by atoms with Crippen LogP contribution in [0.15, 0.2) is 6.07 Å². The molecule has 1 fully saturated rings. The minimum absolute atomic E-state index is 0.0617. The SMILES string of the molecule is CN(CCN1CCCC1)C(=O)c1cc(N)n[nH]1. The second-order valence-corrected chi connectivity index (χ2v) is 4.48. The van der Waals surface area contributed by atoms with Crippen LogP contribution in [0.5, 0.6) is 0 Å². The van der Waals surface area contributed by atoms with Crippen LogP contribution in [0.3, 0.4) is 0 Å². The highest BCUT2D eigenvalue weighted by atomic mass is 16.2. The zero-order chi connectivity index (χ0) is 12.3. The molecule has 0 unspecified atom stereocenters. The van der Waals surface area contributed by atoms with Crippen molar-refractivity contribution in [1.29, 1.82) is 0 Å². The molecule has 1 aliphatic rings.